The molecule has 82 valence electrons. The molecule has 1 unspecified atom stereocenters. The van der Waals surface area contributed by atoms with Gasteiger partial charge in [0.05, 0.1) is 6.10 Å². The smallest absolute Gasteiger partial charge is 0.115 e. The summed E-state index contributed by atoms with van der Waals surface area (Å²) in [6.45, 7) is 2.88. The van der Waals surface area contributed by atoms with Gasteiger partial charge in [-0.15, -0.1) is 0 Å². The summed E-state index contributed by atoms with van der Waals surface area (Å²) in [6, 6.07) is 6.78. The molecule has 0 aromatic heterocycles. The number of rotatable bonds is 3. The summed E-state index contributed by atoms with van der Waals surface area (Å²) in [4.78, 5) is 2.28. The zero-order valence-corrected chi connectivity index (χ0v) is 8.76. The average Bonchev–Trinajstić information content (AvgIpc) is 2.71. The molecule has 1 saturated heterocycles. The lowest BCUT2D eigenvalue weighted by Crippen LogP contribution is -2.25. The first-order valence-electron chi connectivity index (χ1n) is 5.45. The molecule has 1 heterocycles. The van der Waals surface area contributed by atoms with Crippen LogP contribution in [0.2, 0.25) is 0 Å². The Hall–Kier alpha value is -1.06. The number of likely N-dealkylation sites (tertiary alicyclic amines) is 1. The minimum Gasteiger partial charge on any atom is -0.508 e. The number of β-amino-alcohol motifs (C(OH)–C–C–N with tert-alkyl or cyclic N) is 1. The summed E-state index contributed by atoms with van der Waals surface area (Å²) in [5, 5.41) is 19.1. The summed E-state index contributed by atoms with van der Waals surface area (Å²) >= 11 is 0. The molecule has 1 atom stereocenters. The summed E-state index contributed by atoms with van der Waals surface area (Å²) in [5.74, 6) is 0.243. The van der Waals surface area contributed by atoms with Crippen LogP contribution in [0.4, 0.5) is 0 Å². The molecule has 1 aliphatic rings. The summed E-state index contributed by atoms with van der Waals surface area (Å²) in [7, 11) is 0. The number of aromatic hydroxyl groups is 1. The van der Waals surface area contributed by atoms with E-state index in [1.165, 1.54) is 12.8 Å². The van der Waals surface area contributed by atoms with Gasteiger partial charge in [-0.3, -0.25) is 0 Å². The van der Waals surface area contributed by atoms with Gasteiger partial charge in [0.25, 0.3) is 0 Å². The van der Waals surface area contributed by atoms with Crippen LogP contribution in [0.3, 0.4) is 0 Å². The monoisotopic (exact) mass is 207 g/mol. The number of phenolic OH excluding ortho intramolecular Hbond substituents is 1. The fourth-order valence-corrected chi connectivity index (χ4v) is 2.01. The second-order valence-corrected chi connectivity index (χ2v) is 4.12. The Morgan fingerprint density at radius 1 is 1.13 bits per heavy atom. The lowest BCUT2D eigenvalue weighted by atomic mass is 10.1. The van der Waals surface area contributed by atoms with Crippen LogP contribution >= 0.6 is 0 Å². The lowest BCUT2D eigenvalue weighted by molar-refractivity contribution is 0.126. The van der Waals surface area contributed by atoms with E-state index in [9.17, 15) is 5.11 Å². The fourth-order valence-electron chi connectivity index (χ4n) is 2.01. The molecule has 0 radical (unpaired) electrons. The van der Waals surface area contributed by atoms with Crippen molar-refractivity contribution in [2.75, 3.05) is 19.6 Å². The maximum absolute atomic E-state index is 9.95. The van der Waals surface area contributed by atoms with Crippen LogP contribution in [-0.2, 0) is 0 Å². The minimum atomic E-state index is -0.441. The van der Waals surface area contributed by atoms with Gasteiger partial charge >= 0.3 is 0 Å². The predicted octanol–water partition coefficient (Wildman–Crippen LogP) is 1.52. The molecule has 0 amide bonds. The summed E-state index contributed by atoms with van der Waals surface area (Å²) < 4.78 is 0. The summed E-state index contributed by atoms with van der Waals surface area (Å²) in [5.41, 5.74) is 0.875. The third-order valence-electron chi connectivity index (χ3n) is 2.91. The Kier molecular flexibility index (Phi) is 3.23. The van der Waals surface area contributed by atoms with Crippen LogP contribution in [0, 0.1) is 0 Å². The molecule has 1 aromatic carbocycles. The molecule has 1 aromatic rings. The maximum Gasteiger partial charge on any atom is 0.115 e. The molecule has 3 heteroatoms. The van der Waals surface area contributed by atoms with E-state index >= 15 is 0 Å². The van der Waals surface area contributed by atoms with Crippen LogP contribution in [0.15, 0.2) is 24.3 Å². The molecular formula is C12H17NO2. The van der Waals surface area contributed by atoms with Crippen LogP contribution in [0.1, 0.15) is 24.5 Å². The van der Waals surface area contributed by atoms with Gasteiger partial charge in [0.1, 0.15) is 5.75 Å². The SMILES string of the molecule is Oc1ccc(C(O)CN2CCCC2)cc1. The van der Waals surface area contributed by atoms with Crippen LogP contribution in [-0.4, -0.2) is 34.7 Å². The third-order valence-corrected chi connectivity index (χ3v) is 2.91. The zero-order valence-electron chi connectivity index (χ0n) is 8.76. The highest BCUT2D eigenvalue weighted by Crippen LogP contribution is 2.19. The number of benzene rings is 1. The van der Waals surface area contributed by atoms with Crippen molar-refractivity contribution in [1.82, 2.24) is 4.90 Å². The highest BCUT2D eigenvalue weighted by Gasteiger charge is 2.16. The Bertz CT molecular complexity index is 304. The zero-order chi connectivity index (χ0) is 10.7. The largest absolute Gasteiger partial charge is 0.508 e. The quantitative estimate of drug-likeness (QED) is 0.789. The van der Waals surface area contributed by atoms with Crippen molar-refractivity contribution in [3.05, 3.63) is 29.8 Å². The van der Waals surface area contributed by atoms with Crippen LogP contribution in [0.5, 0.6) is 5.75 Å². The number of phenols is 1. The molecule has 2 rings (SSSR count). The Balaban J connectivity index is 1.94. The predicted molar refractivity (Wildman–Crippen MR) is 58.7 cm³/mol. The van der Waals surface area contributed by atoms with E-state index in [-0.39, 0.29) is 5.75 Å². The molecule has 1 fully saturated rings. The standard InChI is InChI=1S/C12H17NO2/c14-11-5-3-10(4-6-11)12(15)9-13-7-1-2-8-13/h3-6,12,14-15H,1-2,7-9H2. The molecule has 1 aliphatic heterocycles. The normalized spacial score (nSPS) is 19.3. The Morgan fingerprint density at radius 3 is 2.33 bits per heavy atom. The van der Waals surface area contributed by atoms with Crippen molar-refractivity contribution in [3.8, 4) is 5.75 Å². The Morgan fingerprint density at radius 2 is 1.73 bits per heavy atom. The highest BCUT2D eigenvalue weighted by atomic mass is 16.3. The van der Waals surface area contributed by atoms with Gasteiger partial charge in [0.15, 0.2) is 0 Å². The molecule has 0 saturated carbocycles. The van der Waals surface area contributed by atoms with Gasteiger partial charge < -0.3 is 15.1 Å². The van der Waals surface area contributed by atoms with Crippen molar-refractivity contribution in [3.63, 3.8) is 0 Å². The molecule has 3 nitrogen and oxygen atoms in total. The highest BCUT2D eigenvalue weighted by molar-refractivity contribution is 5.27. The van der Waals surface area contributed by atoms with Crippen LogP contribution in [0.25, 0.3) is 0 Å². The summed E-state index contributed by atoms with van der Waals surface area (Å²) in [6.07, 6.45) is 2.04. The van der Waals surface area contributed by atoms with Crippen molar-refractivity contribution < 1.29 is 10.2 Å². The molecular weight excluding hydrogens is 190 g/mol. The number of aliphatic hydroxyl groups is 1. The first-order valence-corrected chi connectivity index (χ1v) is 5.45. The number of nitrogens with zero attached hydrogens (tertiary/aromatic N) is 1. The number of hydrogen-bond donors (Lipinski definition) is 2. The molecule has 0 aliphatic carbocycles. The van der Waals surface area contributed by atoms with Crippen molar-refractivity contribution in [2.24, 2.45) is 0 Å². The molecule has 15 heavy (non-hydrogen) atoms. The van der Waals surface area contributed by atoms with Crippen molar-refractivity contribution in [1.29, 1.82) is 0 Å². The third kappa shape index (κ3) is 2.70. The number of hydrogen-bond acceptors (Lipinski definition) is 3. The lowest BCUT2D eigenvalue weighted by Gasteiger charge is -2.19. The fraction of sp³-hybridized carbons (Fsp3) is 0.500. The number of aliphatic hydroxyl groups excluding tert-OH is 1. The van der Waals surface area contributed by atoms with E-state index in [0.717, 1.165) is 18.7 Å². The van der Waals surface area contributed by atoms with Crippen molar-refractivity contribution in [2.45, 2.75) is 18.9 Å². The van der Waals surface area contributed by atoms with E-state index in [1.54, 1.807) is 24.3 Å². The van der Waals surface area contributed by atoms with Gasteiger partial charge in [0.2, 0.25) is 0 Å². The van der Waals surface area contributed by atoms with E-state index < -0.39 is 6.10 Å². The van der Waals surface area contributed by atoms with Gasteiger partial charge in [-0.2, -0.15) is 0 Å². The average molecular weight is 207 g/mol. The van der Waals surface area contributed by atoms with E-state index in [0.29, 0.717) is 6.54 Å². The van der Waals surface area contributed by atoms with Crippen LogP contribution < -0.4 is 0 Å². The minimum absolute atomic E-state index is 0.243. The maximum atomic E-state index is 9.95. The first kappa shape index (κ1) is 10.5. The topological polar surface area (TPSA) is 43.7 Å². The van der Waals surface area contributed by atoms with E-state index in [1.807, 2.05) is 0 Å². The van der Waals surface area contributed by atoms with Gasteiger partial charge in [-0.25, -0.2) is 0 Å². The van der Waals surface area contributed by atoms with E-state index in [4.69, 9.17) is 5.11 Å². The molecule has 2 N–H and O–H groups in total. The second kappa shape index (κ2) is 4.64. The van der Waals surface area contributed by atoms with E-state index in [2.05, 4.69) is 4.90 Å². The van der Waals surface area contributed by atoms with Gasteiger partial charge in [-0.1, -0.05) is 12.1 Å². The second-order valence-electron chi connectivity index (χ2n) is 4.12. The molecule has 0 bridgehead atoms. The van der Waals surface area contributed by atoms with Crippen molar-refractivity contribution >= 4 is 0 Å². The first-order chi connectivity index (χ1) is 7.25. The van der Waals surface area contributed by atoms with Gasteiger partial charge in [-0.05, 0) is 43.6 Å². The Labute approximate surface area is 90.0 Å². The molecule has 0 spiro atoms. The van der Waals surface area contributed by atoms with Gasteiger partial charge in [0, 0.05) is 6.54 Å².